The van der Waals surface area contributed by atoms with Crippen molar-refractivity contribution in [3.63, 3.8) is 0 Å². The Morgan fingerprint density at radius 2 is 2.19 bits per heavy atom. The summed E-state index contributed by atoms with van der Waals surface area (Å²) in [4.78, 5) is 15.8. The molecule has 4 heteroatoms. The first-order valence-electron chi connectivity index (χ1n) is 5.02. The zero-order valence-corrected chi connectivity index (χ0v) is 9.48. The van der Waals surface area contributed by atoms with Gasteiger partial charge >= 0.3 is 5.97 Å². The van der Waals surface area contributed by atoms with Crippen LogP contribution in [0.1, 0.15) is 31.1 Å². The Kier molecular flexibility index (Phi) is 2.42. The molecule has 0 fully saturated rings. The first-order chi connectivity index (χ1) is 7.46. The van der Waals surface area contributed by atoms with Crippen LogP contribution in [0.2, 0.25) is 0 Å². The smallest absolute Gasteiger partial charge is 0.340 e. The standard InChI is InChI=1S/C12H13NO3/c1-12(2,3)16-11(14)9-6-8-4-5-15-10(8)13-7-9/h4-7H,1-3H3. The number of rotatable bonds is 1. The molecule has 0 N–H and O–H groups in total. The van der Waals surface area contributed by atoms with Crippen molar-refractivity contribution in [3.8, 4) is 0 Å². The van der Waals surface area contributed by atoms with E-state index in [1.54, 1.807) is 12.1 Å². The number of aromatic nitrogens is 1. The highest BCUT2D eigenvalue weighted by Gasteiger charge is 2.18. The van der Waals surface area contributed by atoms with Gasteiger partial charge in [0.25, 0.3) is 0 Å². The predicted molar refractivity (Wildman–Crippen MR) is 59.2 cm³/mol. The molecule has 0 bridgehead atoms. The largest absolute Gasteiger partial charge is 0.456 e. The van der Waals surface area contributed by atoms with Crippen LogP contribution in [-0.2, 0) is 4.74 Å². The van der Waals surface area contributed by atoms with Gasteiger partial charge in [-0.2, -0.15) is 0 Å². The number of hydrogen-bond donors (Lipinski definition) is 0. The maximum Gasteiger partial charge on any atom is 0.340 e. The molecule has 0 amide bonds. The van der Waals surface area contributed by atoms with Gasteiger partial charge in [-0.05, 0) is 32.9 Å². The third-order valence-electron chi connectivity index (χ3n) is 1.94. The van der Waals surface area contributed by atoms with Gasteiger partial charge in [-0.25, -0.2) is 9.78 Å². The summed E-state index contributed by atoms with van der Waals surface area (Å²) >= 11 is 0. The second kappa shape index (κ2) is 3.63. The van der Waals surface area contributed by atoms with Gasteiger partial charge in [0.15, 0.2) is 0 Å². The second-order valence-corrected chi connectivity index (χ2v) is 4.54. The van der Waals surface area contributed by atoms with Crippen molar-refractivity contribution in [1.82, 2.24) is 4.98 Å². The molecule has 0 saturated carbocycles. The summed E-state index contributed by atoms with van der Waals surface area (Å²) < 4.78 is 10.3. The number of nitrogens with zero attached hydrogens (tertiary/aromatic N) is 1. The lowest BCUT2D eigenvalue weighted by Crippen LogP contribution is -2.23. The Labute approximate surface area is 93.2 Å². The summed E-state index contributed by atoms with van der Waals surface area (Å²) in [6, 6.07) is 3.47. The minimum Gasteiger partial charge on any atom is -0.456 e. The van der Waals surface area contributed by atoms with E-state index in [-0.39, 0.29) is 5.97 Å². The molecule has 0 saturated heterocycles. The number of carbonyl (C=O) groups is 1. The van der Waals surface area contributed by atoms with E-state index in [2.05, 4.69) is 4.98 Å². The Morgan fingerprint density at radius 3 is 2.88 bits per heavy atom. The first kappa shape index (κ1) is 10.7. The Morgan fingerprint density at radius 1 is 1.44 bits per heavy atom. The van der Waals surface area contributed by atoms with Crippen LogP contribution in [0, 0.1) is 0 Å². The van der Waals surface area contributed by atoms with Gasteiger partial charge in [-0.1, -0.05) is 0 Å². The SMILES string of the molecule is CC(C)(C)OC(=O)c1cnc2occc2c1. The Hall–Kier alpha value is -1.84. The molecule has 4 nitrogen and oxygen atoms in total. The quantitative estimate of drug-likeness (QED) is 0.692. The molecule has 2 rings (SSSR count). The monoisotopic (exact) mass is 219 g/mol. The summed E-state index contributed by atoms with van der Waals surface area (Å²) in [6.07, 6.45) is 3.00. The van der Waals surface area contributed by atoms with Crippen molar-refractivity contribution in [2.24, 2.45) is 0 Å². The summed E-state index contributed by atoms with van der Waals surface area (Å²) in [5, 5.41) is 0.795. The van der Waals surface area contributed by atoms with Crippen LogP contribution in [0.15, 0.2) is 29.0 Å². The normalized spacial score (nSPS) is 11.7. The van der Waals surface area contributed by atoms with Crippen LogP contribution < -0.4 is 0 Å². The molecule has 2 aromatic rings. The van der Waals surface area contributed by atoms with Crippen molar-refractivity contribution >= 4 is 17.1 Å². The van der Waals surface area contributed by atoms with Crippen LogP contribution >= 0.6 is 0 Å². The lowest BCUT2D eigenvalue weighted by atomic mass is 10.2. The summed E-state index contributed by atoms with van der Waals surface area (Å²) in [6.45, 7) is 5.48. The van der Waals surface area contributed by atoms with Crippen LogP contribution in [0.25, 0.3) is 11.1 Å². The molecule has 0 radical (unpaired) electrons. The van der Waals surface area contributed by atoms with Gasteiger partial charge in [0, 0.05) is 11.6 Å². The number of hydrogen-bond acceptors (Lipinski definition) is 4. The first-order valence-corrected chi connectivity index (χ1v) is 5.02. The molecule has 2 aromatic heterocycles. The molecule has 16 heavy (non-hydrogen) atoms. The lowest BCUT2D eigenvalue weighted by Gasteiger charge is -2.19. The van der Waals surface area contributed by atoms with Crippen molar-refractivity contribution < 1.29 is 13.9 Å². The number of carbonyl (C=O) groups excluding carboxylic acids is 1. The van der Waals surface area contributed by atoms with Crippen LogP contribution in [0.5, 0.6) is 0 Å². The zero-order valence-electron chi connectivity index (χ0n) is 9.48. The highest BCUT2D eigenvalue weighted by molar-refractivity contribution is 5.92. The van der Waals surface area contributed by atoms with Gasteiger partial charge in [0.2, 0.25) is 5.71 Å². The number of esters is 1. The number of fused-ring (bicyclic) bond motifs is 1. The fourth-order valence-electron chi connectivity index (χ4n) is 1.31. The van der Waals surface area contributed by atoms with Gasteiger partial charge in [-0.3, -0.25) is 0 Å². The number of furan rings is 1. The predicted octanol–water partition coefficient (Wildman–Crippen LogP) is 2.78. The molecule has 0 spiro atoms. The average Bonchev–Trinajstić information content (AvgIpc) is 2.61. The zero-order chi connectivity index (χ0) is 11.8. The molecular weight excluding hydrogens is 206 g/mol. The molecule has 0 aliphatic rings. The van der Waals surface area contributed by atoms with E-state index in [0.717, 1.165) is 5.39 Å². The highest BCUT2D eigenvalue weighted by atomic mass is 16.6. The van der Waals surface area contributed by atoms with Crippen LogP contribution in [0.3, 0.4) is 0 Å². The second-order valence-electron chi connectivity index (χ2n) is 4.54. The molecule has 84 valence electrons. The Bertz CT molecular complexity index is 522. The van der Waals surface area contributed by atoms with Gasteiger partial charge in [0.05, 0.1) is 11.8 Å². The summed E-state index contributed by atoms with van der Waals surface area (Å²) in [5.41, 5.74) is 0.457. The minimum absolute atomic E-state index is 0.372. The van der Waals surface area contributed by atoms with E-state index < -0.39 is 5.60 Å². The molecule has 0 aromatic carbocycles. The van der Waals surface area contributed by atoms with E-state index in [1.165, 1.54) is 12.5 Å². The average molecular weight is 219 g/mol. The van der Waals surface area contributed by atoms with E-state index in [9.17, 15) is 4.79 Å². The lowest BCUT2D eigenvalue weighted by molar-refractivity contribution is 0.00693. The molecule has 2 heterocycles. The number of pyridine rings is 1. The fraction of sp³-hybridized carbons (Fsp3) is 0.333. The van der Waals surface area contributed by atoms with E-state index >= 15 is 0 Å². The van der Waals surface area contributed by atoms with Gasteiger partial charge in [0.1, 0.15) is 5.60 Å². The third kappa shape index (κ3) is 2.21. The van der Waals surface area contributed by atoms with E-state index in [4.69, 9.17) is 9.15 Å². The minimum atomic E-state index is -0.498. The topological polar surface area (TPSA) is 52.3 Å². The molecule has 0 atom stereocenters. The van der Waals surface area contributed by atoms with Crippen molar-refractivity contribution in [2.75, 3.05) is 0 Å². The fourth-order valence-corrected chi connectivity index (χ4v) is 1.31. The van der Waals surface area contributed by atoms with Crippen molar-refractivity contribution in [2.45, 2.75) is 26.4 Å². The molecular formula is C12H13NO3. The van der Waals surface area contributed by atoms with Crippen LogP contribution in [-0.4, -0.2) is 16.6 Å². The third-order valence-corrected chi connectivity index (χ3v) is 1.94. The molecule has 0 aliphatic carbocycles. The summed E-state index contributed by atoms with van der Waals surface area (Å²) in [5.74, 6) is -0.372. The van der Waals surface area contributed by atoms with Crippen LogP contribution in [0.4, 0.5) is 0 Å². The highest BCUT2D eigenvalue weighted by Crippen LogP contribution is 2.17. The maximum atomic E-state index is 11.7. The Balaban J connectivity index is 2.29. The molecule has 0 aliphatic heterocycles. The van der Waals surface area contributed by atoms with E-state index in [0.29, 0.717) is 11.3 Å². The van der Waals surface area contributed by atoms with Crippen molar-refractivity contribution in [1.29, 1.82) is 0 Å². The maximum absolute atomic E-state index is 11.7. The van der Waals surface area contributed by atoms with Crippen molar-refractivity contribution in [3.05, 3.63) is 30.2 Å². The van der Waals surface area contributed by atoms with Gasteiger partial charge in [-0.15, -0.1) is 0 Å². The number of ether oxygens (including phenoxy) is 1. The van der Waals surface area contributed by atoms with Gasteiger partial charge < -0.3 is 9.15 Å². The molecule has 0 unspecified atom stereocenters. The summed E-state index contributed by atoms with van der Waals surface area (Å²) in [7, 11) is 0. The van der Waals surface area contributed by atoms with E-state index in [1.807, 2.05) is 20.8 Å².